The molecule has 0 radical (unpaired) electrons. The van der Waals surface area contributed by atoms with Crippen molar-refractivity contribution in [2.75, 3.05) is 0 Å². The van der Waals surface area contributed by atoms with E-state index in [9.17, 15) is 9.18 Å². The fraction of sp³-hybridized carbons (Fsp3) is 0.357. The lowest BCUT2D eigenvalue weighted by molar-refractivity contribution is 0.0730. The van der Waals surface area contributed by atoms with Gasteiger partial charge in [0.15, 0.2) is 0 Å². The first kappa shape index (κ1) is 23.6. The molecule has 0 saturated heterocycles. The predicted molar refractivity (Wildman–Crippen MR) is 127 cm³/mol. The standard InChI is InChI=1S/C28H32FNO2/c1-3-5-6-7-8-10-21-11-17-25(26(29)19-21)28(31)32-24-15-13-23(14-16-24)27-18-12-22(9-4-2)20-30-27/h11-20H,3-10H2,1-2H3. The summed E-state index contributed by atoms with van der Waals surface area (Å²) < 4.78 is 19.9. The third kappa shape index (κ3) is 6.74. The zero-order valence-electron chi connectivity index (χ0n) is 19.1. The summed E-state index contributed by atoms with van der Waals surface area (Å²) in [5, 5.41) is 0. The number of ether oxygens (including phenoxy) is 1. The predicted octanol–water partition coefficient (Wildman–Crippen LogP) is 7.57. The highest BCUT2D eigenvalue weighted by atomic mass is 19.1. The van der Waals surface area contributed by atoms with Crippen molar-refractivity contribution in [3.05, 3.63) is 83.3 Å². The minimum absolute atomic E-state index is 0.0445. The van der Waals surface area contributed by atoms with Crippen LogP contribution in [0.3, 0.4) is 0 Å². The molecule has 2 aromatic carbocycles. The number of hydrogen-bond donors (Lipinski definition) is 0. The molecule has 168 valence electrons. The molecule has 0 fully saturated rings. The zero-order chi connectivity index (χ0) is 22.8. The van der Waals surface area contributed by atoms with E-state index in [1.54, 1.807) is 12.1 Å². The molecule has 0 N–H and O–H groups in total. The van der Waals surface area contributed by atoms with Gasteiger partial charge in [-0.1, -0.05) is 58.1 Å². The van der Waals surface area contributed by atoms with Gasteiger partial charge in [-0.2, -0.15) is 0 Å². The smallest absolute Gasteiger partial charge is 0.346 e. The lowest BCUT2D eigenvalue weighted by Crippen LogP contribution is -2.11. The minimum atomic E-state index is -0.688. The molecule has 0 saturated carbocycles. The molecule has 3 nitrogen and oxygen atoms in total. The highest BCUT2D eigenvalue weighted by Gasteiger charge is 2.15. The van der Waals surface area contributed by atoms with E-state index in [-0.39, 0.29) is 5.56 Å². The summed E-state index contributed by atoms with van der Waals surface area (Å²) in [4.78, 5) is 17.0. The number of hydrogen-bond acceptors (Lipinski definition) is 3. The molecule has 0 atom stereocenters. The van der Waals surface area contributed by atoms with Crippen molar-refractivity contribution < 1.29 is 13.9 Å². The zero-order valence-corrected chi connectivity index (χ0v) is 19.1. The van der Waals surface area contributed by atoms with Crippen molar-refractivity contribution in [1.29, 1.82) is 0 Å². The second-order valence-corrected chi connectivity index (χ2v) is 8.19. The average molecular weight is 434 g/mol. The van der Waals surface area contributed by atoms with Crippen LogP contribution in [0, 0.1) is 5.82 Å². The van der Waals surface area contributed by atoms with Crippen molar-refractivity contribution >= 4 is 5.97 Å². The quantitative estimate of drug-likeness (QED) is 0.178. The first-order valence-corrected chi connectivity index (χ1v) is 11.7. The Morgan fingerprint density at radius 2 is 1.59 bits per heavy atom. The molecule has 0 aliphatic rings. The van der Waals surface area contributed by atoms with Gasteiger partial charge in [0.1, 0.15) is 11.6 Å². The van der Waals surface area contributed by atoms with Gasteiger partial charge < -0.3 is 4.74 Å². The SMILES string of the molecule is CCCCCCCc1ccc(C(=O)Oc2ccc(-c3ccc(CCC)cn3)cc2)c(F)c1. The Morgan fingerprint density at radius 3 is 2.25 bits per heavy atom. The number of benzene rings is 2. The highest BCUT2D eigenvalue weighted by molar-refractivity contribution is 5.91. The number of halogens is 1. The van der Waals surface area contributed by atoms with Crippen molar-refractivity contribution in [3.63, 3.8) is 0 Å². The van der Waals surface area contributed by atoms with Crippen LogP contribution in [0.2, 0.25) is 0 Å². The van der Waals surface area contributed by atoms with E-state index in [2.05, 4.69) is 24.9 Å². The third-order valence-electron chi connectivity index (χ3n) is 5.55. The van der Waals surface area contributed by atoms with Crippen LogP contribution in [0.25, 0.3) is 11.3 Å². The van der Waals surface area contributed by atoms with Crippen LogP contribution in [0.15, 0.2) is 60.8 Å². The molecule has 3 rings (SSSR count). The van der Waals surface area contributed by atoms with Crippen LogP contribution in [0.5, 0.6) is 5.75 Å². The first-order valence-electron chi connectivity index (χ1n) is 11.7. The molecule has 0 aliphatic heterocycles. The minimum Gasteiger partial charge on any atom is -0.423 e. The Kier molecular flexibility index (Phi) is 8.97. The number of carbonyl (C=O) groups excluding carboxylic acids is 1. The monoisotopic (exact) mass is 433 g/mol. The van der Waals surface area contributed by atoms with E-state index in [1.165, 1.54) is 37.0 Å². The Balaban J connectivity index is 1.58. The number of pyridine rings is 1. The molecular formula is C28H32FNO2. The maximum Gasteiger partial charge on any atom is 0.346 e. The van der Waals surface area contributed by atoms with E-state index >= 15 is 0 Å². The molecule has 3 aromatic rings. The maximum absolute atomic E-state index is 14.5. The van der Waals surface area contributed by atoms with Crippen molar-refractivity contribution in [2.24, 2.45) is 0 Å². The van der Waals surface area contributed by atoms with Gasteiger partial charge in [-0.3, -0.25) is 4.98 Å². The van der Waals surface area contributed by atoms with Gasteiger partial charge in [-0.05, 0) is 72.9 Å². The number of nitrogens with zero attached hydrogens (tertiary/aromatic N) is 1. The van der Waals surface area contributed by atoms with Gasteiger partial charge in [0, 0.05) is 11.8 Å². The molecule has 32 heavy (non-hydrogen) atoms. The van der Waals surface area contributed by atoms with E-state index in [4.69, 9.17) is 4.74 Å². The largest absolute Gasteiger partial charge is 0.423 e. The molecule has 1 aromatic heterocycles. The number of rotatable bonds is 11. The molecule has 0 bridgehead atoms. The lowest BCUT2D eigenvalue weighted by Gasteiger charge is -2.08. The van der Waals surface area contributed by atoms with Crippen LogP contribution in [-0.4, -0.2) is 11.0 Å². The van der Waals surface area contributed by atoms with Crippen molar-refractivity contribution in [2.45, 2.75) is 65.2 Å². The van der Waals surface area contributed by atoms with Crippen LogP contribution in [0.4, 0.5) is 4.39 Å². The number of carbonyl (C=O) groups is 1. The van der Waals surface area contributed by atoms with Crippen LogP contribution >= 0.6 is 0 Å². The van der Waals surface area contributed by atoms with Gasteiger partial charge in [-0.15, -0.1) is 0 Å². The van der Waals surface area contributed by atoms with Gasteiger partial charge in [0.05, 0.1) is 11.3 Å². The summed E-state index contributed by atoms with van der Waals surface area (Å²) in [7, 11) is 0. The fourth-order valence-electron chi connectivity index (χ4n) is 3.70. The molecule has 1 heterocycles. The molecule has 0 amide bonds. The number of esters is 1. The van der Waals surface area contributed by atoms with E-state index in [1.807, 2.05) is 30.5 Å². The van der Waals surface area contributed by atoms with E-state index in [0.717, 1.165) is 48.9 Å². The van der Waals surface area contributed by atoms with Crippen molar-refractivity contribution in [3.8, 4) is 17.0 Å². The Hall–Kier alpha value is -3.01. The molecule has 0 unspecified atom stereocenters. The number of aromatic nitrogens is 1. The van der Waals surface area contributed by atoms with E-state index in [0.29, 0.717) is 5.75 Å². The van der Waals surface area contributed by atoms with Crippen LogP contribution < -0.4 is 4.74 Å². The van der Waals surface area contributed by atoms with E-state index < -0.39 is 11.8 Å². The molecule has 4 heteroatoms. The van der Waals surface area contributed by atoms with Gasteiger partial charge in [0.2, 0.25) is 0 Å². The summed E-state index contributed by atoms with van der Waals surface area (Å²) in [6, 6.07) is 16.0. The number of aryl methyl sites for hydroxylation is 2. The third-order valence-corrected chi connectivity index (χ3v) is 5.55. The average Bonchev–Trinajstić information content (AvgIpc) is 2.80. The van der Waals surface area contributed by atoms with Gasteiger partial charge >= 0.3 is 5.97 Å². The Morgan fingerprint density at radius 1 is 0.844 bits per heavy atom. The topological polar surface area (TPSA) is 39.2 Å². The number of unbranched alkanes of at least 4 members (excludes halogenated alkanes) is 4. The summed E-state index contributed by atoms with van der Waals surface area (Å²) >= 11 is 0. The maximum atomic E-state index is 14.5. The summed E-state index contributed by atoms with van der Waals surface area (Å²) in [6.07, 6.45) is 10.7. The van der Waals surface area contributed by atoms with Crippen molar-refractivity contribution in [1.82, 2.24) is 4.98 Å². The van der Waals surface area contributed by atoms with Gasteiger partial charge in [-0.25, -0.2) is 9.18 Å². The lowest BCUT2D eigenvalue weighted by atomic mass is 10.0. The van der Waals surface area contributed by atoms with Crippen LogP contribution in [-0.2, 0) is 12.8 Å². The Bertz CT molecular complexity index is 997. The first-order chi connectivity index (χ1) is 15.6. The summed E-state index contributed by atoms with van der Waals surface area (Å²) in [5.74, 6) is -0.846. The normalized spacial score (nSPS) is 10.8. The highest BCUT2D eigenvalue weighted by Crippen LogP contribution is 2.23. The fourth-order valence-corrected chi connectivity index (χ4v) is 3.70. The summed E-state index contributed by atoms with van der Waals surface area (Å²) in [6.45, 7) is 4.33. The Labute approximate surface area is 190 Å². The second-order valence-electron chi connectivity index (χ2n) is 8.19. The molecule has 0 aliphatic carbocycles. The van der Waals surface area contributed by atoms with Crippen LogP contribution in [0.1, 0.15) is 73.9 Å². The second kappa shape index (κ2) is 12.1. The molecule has 0 spiro atoms. The summed E-state index contributed by atoms with van der Waals surface area (Å²) in [5.41, 5.74) is 3.88. The van der Waals surface area contributed by atoms with Gasteiger partial charge in [0.25, 0.3) is 0 Å². The molecular weight excluding hydrogens is 401 g/mol.